The van der Waals surface area contributed by atoms with Crippen LogP contribution in [0.15, 0.2) is 42.5 Å². The molecule has 0 saturated heterocycles. The van der Waals surface area contributed by atoms with Gasteiger partial charge in [-0.1, -0.05) is 63.6 Å². The van der Waals surface area contributed by atoms with Gasteiger partial charge in [-0.05, 0) is 60.8 Å². The Bertz CT molecular complexity index is 845. The number of fused-ring (bicyclic) bond motifs is 5. The molecule has 1 unspecified atom stereocenters. The van der Waals surface area contributed by atoms with Crippen LogP contribution in [0.5, 0.6) is 0 Å². The number of quaternary nitrogens is 1. The van der Waals surface area contributed by atoms with Crippen molar-refractivity contribution in [3.8, 4) is 0 Å². The summed E-state index contributed by atoms with van der Waals surface area (Å²) in [5, 5.41) is 0. The van der Waals surface area contributed by atoms with Gasteiger partial charge in [0, 0.05) is 23.8 Å². The third-order valence-electron chi connectivity index (χ3n) is 10.3. The zero-order chi connectivity index (χ0) is 21.1. The van der Waals surface area contributed by atoms with Crippen molar-refractivity contribution in [3.63, 3.8) is 0 Å². The molecular formula is C28H40NO+. The molecule has 162 valence electrons. The molecule has 5 rings (SSSR count). The van der Waals surface area contributed by atoms with E-state index in [0.717, 1.165) is 24.3 Å². The van der Waals surface area contributed by atoms with Crippen molar-refractivity contribution >= 4 is 5.91 Å². The average molecular weight is 407 g/mol. The molecule has 3 aliphatic carbocycles. The van der Waals surface area contributed by atoms with E-state index in [1.807, 2.05) is 6.08 Å². The second kappa shape index (κ2) is 7.05. The number of likely N-dealkylation sites (N-methyl/N-ethyl adjacent to an activating group) is 1. The molecule has 1 heterocycles. The number of carbonyl (C=O) groups excluding carboxylic acids is 1. The molecule has 1 aromatic rings. The molecule has 0 bridgehead atoms. The van der Waals surface area contributed by atoms with Crippen LogP contribution in [0.4, 0.5) is 0 Å². The second-order valence-electron chi connectivity index (χ2n) is 11.9. The molecule has 30 heavy (non-hydrogen) atoms. The molecule has 1 amide bonds. The molecule has 4 aliphatic rings. The Kier molecular flexibility index (Phi) is 4.82. The number of hydrogen-bond acceptors (Lipinski definition) is 1. The van der Waals surface area contributed by atoms with Gasteiger partial charge in [0.25, 0.3) is 0 Å². The zero-order valence-electron chi connectivity index (χ0n) is 19.4. The molecule has 0 N–H and O–H groups in total. The fraction of sp³-hybridized carbons (Fsp3) is 0.679. The van der Waals surface area contributed by atoms with Crippen molar-refractivity contribution in [2.75, 3.05) is 13.6 Å². The average Bonchev–Trinajstić information content (AvgIpc) is 3.14. The topological polar surface area (TPSA) is 17.1 Å². The van der Waals surface area contributed by atoms with Crippen LogP contribution in [0.2, 0.25) is 0 Å². The van der Waals surface area contributed by atoms with Gasteiger partial charge in [-0.2, -0.15) is 0 Å². The minimum Gasteiger partial charge on any atom is -0.255 e. The third kappa shape index (κ3) is 2.89. The first-order chi connectivity index (χ1) is 14.3. The first-order valence-corrected chi connectivity index (χ1v) is 12.4. The minimum absolute atomic E-state index is 0.159. The lowest BCUT2D eigenvalue weighted by Gasteiger charge is -2.61. The van der Waals surface area contributed by atoms with Gasteiger partial charge in [0.15, 0.2) is 0 Å². The lowest BCUT2D eigenvalue weighted by molar-refractivity contribution is -0.871. The van der Waals surface area contributed by atoms with Gasteiger partial charge in [0.05, 0.1) is 13.6 Å². The van der Waals surface area contributed by atoms with Crippen molar-refractivity contribution in [3.05, 3.63) is 48.0 Å². The van der Waals surface area contributed by atoms with E-state index in [4.69, 9.17) is 0 Å². The monoisotopic (exact) mass is 406 g/mol. The SMILES string of the molecule is CC(C[N@@+]1(C)C(=O)C=C[C@@]2(C)[C@H]1CC[C@H]1[C@@H]3CCC[C@@]3(C)CC[C@@H]12)c1ccccc1. The van der Waals surface area contributed by atoms with Gasteiger partial charge in [0.1, 0.15) is 6.04 Å². The molecule has 1 aliphatic heterocycles. The van der Waals surface area contributed by atoms with Crippen LogP contribution in [-0.4, -0.2) is 30.0 Å². The maximum atomic E-state index is 13.4. The zero-order valence-corrected chi connectivity index (χ0v) is 19.4. The summed E-state index contributed by atoms with van der Waals surface area (Å²) in [6, 6.07) is 11.2. The van der Waals surface area contributed by atoms with E-state index in [1.165, 1.54) is 50.5 Å². The molecule has 3 fully saturated rings. The van der Waals surface area contributed by atoms with Crippen LogP contribution in [0.1, 0.15) is 77.2 Å². The Hall–Kier alpha value is -1.41. The molecular weight excluding hydrogens is 366 g/mol. The number of rotatable bonds is 3. The Morgan fingerprint density at radius 2 is 1.80 bits per heavy atom. The van der Waals surface area contributed by atoms with E-state index in [1.54, 1.807) is 0 Å². The minimum atomic E-state index is 0.159. The predicted octanol–water partition coefficient (Wildman–Crippen LogP) is 6.33. The number of hydrogen-bond donors (Lipinski definition) is 0. The third-order valence-corrected chi connectivity index (χ3v) is 10.3. The van der Waals surface area contributed by atoms with E-state index >= 15 is 0 Å². The molecule has 8 atom stereocenters. The molecule has 3 saturated carbocycles. The smallest absolute Gasteiger partial charge is 0.255 e. The molecule has 2 heteroatoms. The van der Waals surface area contributed by atoms with Gasteiger partial charge in [0.2, 0.25) is 0 Å². The summed E-state index contributed by atoms with van der Waals surface area (Å²) in [5.41, 5.74) is 2.11. The molecule has 0 radical (unpaired) electrons. The number of amides is 1. The summed E-state index contributed by atoms with van der Waals surface area (Å²) in [5.74, 6) is 3.24. The van der Waals surface area contributed by atoms with Gasteiger partial charge in [-0.25, -0.2) is 4.79 Å². The largest absolute Gasteiger partial charge is 0.338 e. The Balaban J connectivity index is 1.46. The molecule has 0 spiro atoms. The standard InChI is InChI=1S/C28H40NO/c1-20(21-9-6-5-7-10-21)19-29(4)25-13-12-22-23-11-8-16-27(23,2)17-14-24(22)28(25,3)18-15-26(29)30/h5-7,9-10,15,18,20,22-25H,8,11-14,16-17,19H2,1-4H3/q+1/t20?,22-,23-,24-,25+,27-,28+,29+/m0/s1. The number of nitrogens with zero attached hydrogens (tertiary/aromatic N) is 1. The Morgan fingerprint density at radius 1 is 1.03 bits per heavy atom. The van der Waals surface area contributed by atoms with Crippen LogP contribution in [0.3, 0.4) is 0 Å². The highest BCUT2D eigenvalue weighted by Gasteiger charge is 2.62. The number of carbonyl (C=O) groups is 1. The van der Waals surface area contributed by atoms with Gasteiger partial charge in [-0.15, -0.1) is 0 Å². The van der Waals surface area contributed by atoms with E-state index < -0.39 is 0 Å². The Labute approximate surface area is 183 Å². The Morgan fingerprint density at radius 3 is 2.57 bits per heavy atom. The fourth-order valence-corrected chi connectivity index (χ4v) is 8.75. The fourth-order valence-electron chi connectivity index (χ4n) is 8.75. The lowest BCUT2D eigenvalue weighted by atomic mass is 9.48. The van der Waals surface area contributed by atoms with Crippen LogP contribution in [-0.2, 0) is 4.79 Å². The van der Waals surface area contributed by atoms with Crippen LogP contribution >= 0.6 is 0 Å². The normalized spacial score (nSPS) is 46.1. The summed E-state index contributed by atoms with van der Waals surface area (Å²) in [6.07, 6.45) is 13.9. The van der Waals surface area contributed by atoms with Crippen molar-refractivity contribution in [2.24, 2.45) is 28.6 Å². The predicted molar refractivity (Wildman–Crippen MR) is 123 cm³/mol. The second-order valence-corrected chi connectivity index (χ2v) is 11.9. The van der Waals surface area contributed by atoms with E-state index in [0.29, 0.717) is 27.8 Å². The van der Waals surface area contributed by atoms with Crippen molar-refractivity contribution in [1.82, 2.24) is 0 Å². The van der Waals surface area contributed by atoms with Crippen molar-refractivity contribution in [2.45, 2.75) is 77.7 Å². The maximum absolute atomic E-state index is 13.4. The van der Waals surface area contributed by atoms with E-state index in [9.17, 15) is 4.79 Å². The first kappa shape index (κ1) is 20.5. The van der Waals surface area contributed by atoms with E-state index in [-0.39, 0.29) is 5.41 Å². The quantitative estimate of drug-likeness (QED) is 0.536. The summed E-state index contributed by atoms with van der Waals surface area (Å²) in [4.78, 5) is 13.4. The van der Waals surface area contributed by atoms with Crippen LogP contribution in [0.25, 0.3) is 0 Å². The summed E-state index contributed by atoms with van der Waals surface area (Å²) < 4.78 is 0.591. The summed E-state index contributed by atoms with van der Waals surface area (Å²) in [7, 11) is 2.25. The maximum Gasteiger partial charge on any atom is 0.338 e. The lowest BCUT2D eigenvalue weighted by Crippen LogP contribution is -2.68. The summed E-state index contributed by atoms with van der Waals surface area (Å²) in [6.45, 7) is 8.31. The highest BCUT2D eigenvalue weighted by atomic mass is 16.2. The molecule has 2 nitrogen and oxygen atoms in total. The summed E-state index contributed by atoms with van der Waals surface area (Å²) >= 11 is 0. The molecule has 0 aromatic heterocycles. The van der Waals surface area contributed by atoms with Crippen LogP contribution < -0.4 is 0 Å². The highest BCUT2D eigenvalue weighted by molar-refractivity contribution is 5.82. The van der Waals surface area contributed by atoms with Crippen LogP contribution in [0, 0.1) is 28.6 Å². The van der Waals surface area contributed by atoms with Gasteiger partial charge >= 0.3 is 5.91 Å². The highest BCUT2D eigenvalue weighted by Crippen LogP contribution is 2.64. The molecule has 1 aromatic carbocycles. The first-order valence-electron chi connectivity index (χ1n) is 12.4. The van der Waals surface area contributed by atoms with Gasteiger partial charge < -0.3 is 0 Å². The van der Waals surface area contributed by atoms with Gasteiger partial charge in [-0.3, -0.25) is 4.48 Å². The van der Waals surface area contributed by atoms with E-state index in [2.05, 4.69) is 64.2 Å². The number of benzene rings is 1. The van der Waals surface area contributed by atoms with Crippen molar-refractivity contribution in [1.29, 1.82) is 0 Å². The van der Waals surface area contributed by atoms with Crippen molar-refractivity contribution < 1.29 is 9.28 Å².